The third-order valence-corrected chi connectivity index (χ3v) is 8.31. The number of anilines is 1. The smallest absolute Gasteiger partial charge is 0.341 e. The van der Waals surface area contributed by atoms with E-state index in [2.05, 4.69) is 48.0 Å². The topological polar surface area (TPSA) is 79.5 Å². The van der Waals surface area contributed by atoms with Crippen LogP contribution in [0.1, 0.15) is 40.6 Å². The Morgan fingerprint density at radius 2 is 1.96 bits per heavy atom. The predicted octanol–water partition coefficient (Wildman–Crippen LogP) is 3.24. The number of carbonyl (C=O) groups is 2. The molecule has 0 saturated heterocycles. The predicted molar refractivity (Wildman–Crippen MR) is 108 cm³/mol. The fourth-order valence-electron chi connectivity index (χ4n) is 2.84. The number of alkyl halides is 2. The van der Waals surface area contributed by atoms with E-state index in [0.717, 1.165) is 24.8 Å². The lowest BCUT2D eigenvalue weighted by molar-refractivity contribution is -0.126. The van der Waals surface area contributed by atoms with Crippen molar-refractivity contribution >= 4 is 77.4 Å². The van der Waals surface area contributed by atoms with Crippen molar-refractivity contribution in [3.05, 3.63) is 16.0 Å². The van der Waals surface area contributed by atoms with Crippen LogP contribution in [0.4, 0.5) is 5.00 Å². The molecule has 1 aromatic heterocycles. The van der Waals surface area contributed by atoms with E-state index in [1.54, 1.807) is 0 Å². The molecular formula is C15H17Br2N3O3S2. The summed E-state index contributed by atoms with van der Waals surface area (Å²) in [5, 5.41) is 3.87. The first-order chi connectivity index (χ1) is 11.7. The Labute approximate surface area is 171 Å². The van der Waals surface area contributed by atoms with Gasteiger partial charge in [-0.15, -0.1) is 11.3 Å². The van der Waals surface area contributed by atoms with Crippen LogP contribution < -0.4 is 16.2 Å². The lowest BCUT2D eigenvalue weighted by Crippen LogP contribution is -2.47. The molecule has 0 aliphatic heterocycles. The van der Waals surface area contributed by atoms with Gasteiger partial charge in [0, 0.05) is 4.88 Å². The second-order valence-corrected chi connectivity index (χ2v) is 11.6. The van der Waals surface area contributed by atoms with Crippen molar-refractivity contribution < 1.29 is 14.3 Å². The Hall–Kier alpha value is -0.710. The van der Waals surface area contributed by atoms with Crippen LogP contribution in [0.3, 0.4) is 0 Å². The highest BCUT2D eigenvalue weighted by molar-refractivity contribution is 9.25. The van der Waals surface area contributed by atoms with Crippen LogP contribution in [0.2, 0.25) is 0 Å². The van der Waals surface area contributed by atoms with Crippen LogP contribution in [0.25, 0.3) is 0 Å². The number of hydrogen-bond acceptors (Lipinski definition) is 5. The summed E-state index contributed by atoms with van der Waals surface area (Å²) in [7, 11) is 1.37. The average Bonchev–Trinajstić information content (AvgIpc) is 2.88. The standard InChI is InChI=1S/C15H17Br2N3O3S2/c1-14(6-15(14,16)17)12(22)19-20-13(24)18-10-9(11(21)23-2)7-4-3-5-8(7)25-10/h3-6H2,1-2H3,(H,19,22)(H2,18,20,24)/t14-/m1/s1. The number of ether oxygens (including phenoxy) is 1. The zero-order valence-corrected chi connectivity index (χ0v) is 18.4. The number of rotatable bonds is 3. The molecule has 1 saturated carbocycles. The number of esters is 1. The van der Waals surface area contributed by atoms with Gasteiger partial charge in [-0.2, -0.15) is 0 Å². The van der Waals surface area contributed by atoms with Crippen LogP contribution in [0.15, 0.2) is 0 Å². The van der Waals surface area contributed by atoms with Crippen LogP contribution >= 0.6 is 55.4 Å². The SMILES string of the molecule is COC(=O)c1c(NC(=S)NNC(=O)[C@@]2(C)CC2(Br)Br)sc2c1CCC2. The molecule has 1 atom stereocenters. The largest absolute Gasteiger partial charge is 0.465 e. The molecule has 6 nitrogen and oxygen atoms in total. The third kappa shape index (κ3) is 3.45. The lowest BCUT2D eigenvalue weighted by atomic mass is 10.1. The van der Waals surface area contributed by atoms with E-state index in [1.165, 1.54) is 23.3 Å². The summed E-state index contributed by atoms with van der Waals surface area (Å²) in [5.74, 6) is -0.546. The van der Waals surface area contributed by atoms with Gasteiger partial charge < -0.3 is 10.1 Å². The molecule has 1 amide bonds. The Kier molecular flexibility index (Phi) is 5.18. The highest BCUT2D eigenvalue weighted by Crippen LogP contribution is 2.66. The van der Waals surface area contributed by atoms with E-state index in [9.17, 15) is 9.59 Å². The minimum Gasteiger partial charge on any atom is -0.465 e. The molecule has 0 bridgehead atoms. The van der Waals surface area contributed by atoms with Crippen molar-refractivity contribution in [1.82, 2.24) is 10.9 Å². The van der Waals surface area contributed by atoms with Crippen LogP contribution in [-0.2, 0) is 22.4 Å². The molecule has 136 valence electrons. The van der Waals surface area contributed by atoms with Gasteiger partial charge in [-0.1, -0.05) is 31.9 Å². The average molecular weight is 511 g/mol. The summed E-state index contributed by atoms with van der Waals surface area (Å²) in [4.78, 5) is 25.5. The highest BCUT2D eigenvalue weighted by atomic mass is 79.9. The molecule has 3 rings (SSSR count). The minimum atomic E-state index is -0.545. The van der Waals surface area contributed by atoms with Gasteiger partial charge in [0.05, 0.1) is 21.3 Å². The number of nitrogens with one attached hydrogen (secondary N) is 3. The molecule has 25 heavy (non-hydrogen) atoms. The van der Waals surface area contributed by atoms with Crippen molar-refractivity contribution in [1.29, 1.82) is 0 Å². The zero-order chi connectivity index (χ0) is 18.4. The molecule has 2 aliphatic rings. The number of thiophene rings is 1. The first-order valence-corrected chi connectivity index (χ1v) is 10.5. The van der Waals surface area contributed by atoms with E-state index >= 15 is 0 Å². The first-order valence-electron chi connectivity index (χ1n) is 7.68. The minimum absolute atomic E-state index is 0.174. The van der Waals surface area contributed by atoms with Gasteiger partial charge in [-0.3, -0.25) is 15.6 Å². The van der Waals surface area contributed by atoms with Crippen molar-refractivity contribution in [2.45, 2.75) is 35.8 Å². The van der Waals surface area contributed by atoms with Crippen molar-refractivity contribution in [3.63, 3.8) is 0 Å². The quantitative estimate of drug-likeness (QED) is 0.251. The Morgan fingerprint density at radius 1 is 1.28 bits per heavy atom. The number of thiocarbonyl (C=S) groups is 1. The monoisotopic (exact) mass is 509 g/mol. The number of aryl methyl sites for hydroxylation is 1. The van der Waals surface area contributed by atoms with E-state index in [-0.39, 0.29) is 20.2 Å². The van der Waals surface area contributed by atoms with Gasteiger partial charge in [0.2, 0.25) is 5.91 Å². The number of carbonyl (C=O) groups excluding carboxylic acids is 2. The van der Waals surface area contributed by atoms with Crippen molar-refractivity contribution in [2.24, 2.45) is 5.41 Å². The van der Waals surface area contributed by atoms with Crippen LogP contribution in [0.5, 0.6) is 0 Å². The van der Waals surface area contributed by atoms with E-state index in [0.29, 0.717) is 17.0 Å². The summed E-state index contributed by atoms with van der Waals surface area (Å²) >= 11 is 13.7. The molecule has 3 N–H and O–H groups in total. The summed E-state index contributed by atoms with van der Waals surface area (Å²) in [6.07, 6.45) is 3.55. The molecule has 2 aliphatic carbocycles. The summed E-state index contributed by atoms with van der Waals surface area (Å²) in [5.41, 5.74) is 6.35. The van der Waals surface area contributed by atoms with Crippen molar-refractivity contribution in [3.8, 4) is 0 Å². The van der Waals surface area contributed by atoms with Gasteiger partial charge in [-0.05, 0) is 50.4 Å². The fraction of sp³-hybridized carbons (Fsp3) is 0.533. The van der Waals surface area contributed by atoms with Gasteiger partial charge >= 0.3 is 5.97 Å². The number of amides is 1. The second kappa shape index (κ2) is 6.79. The molecular weight excluding hydrogens is 494 g/mol. The first kappa shape index (κ1) is 19.1. The molecule has 1 heterocycles. The Bertz CT molecular complexity index is 765. The van der Waals surface area contributed by atoms with Gasteiger partial charge in [-0.25, -0.2) is 4.79 Å². The Morgan fingerprint density at radius 3 is 2.56 bits per heavy atom. The second-order valence-electron chi connectivity index (χ2n) is 6.30. The maximum absolute atomic E-state index is 12.2. The molecule has 0 unspecified atom stereocenters. The van der Waals surface area contributed by atoms with Crippen LogP contribution in [0, 0.1) is 5.41 Å². The maximum atomic E-state index is 12.2. The molecule has 1 aromatic rings. The summed E-state index contributed by atoms with van der Waals surface area (Å²) < 4.78 is 4.53. The normalized spacial score (nSPS) is 22.7. The number of fused-ring (bicyclic) bond motifs is 1. The molecule has 0 aromatic carbocycles. The third-order valence-electron chi connectivity index (χ3n) is 4.59. The maximum Gasteiger partial charge on any atom is 0.341 e. The Balaban J connectivity index is 1.64. The van der Waals surface area contributed by atoms with Crippen molar-refractivity contribution in [2.75, 3.05) is 12.4 Å². The number of halogens is 2. The number of methoxy groups -OCH3 is 1. The molecule has 0 spiro atoms. The van der Waals surface area contributed by atoms with E-state index < -0.39 is 5.41 Å². The fourth-order valence-corrected chi connectivity index (χ4v) is 5.82. The van der Waals surface area contributed by atoms with Gasteiger partial charge in [0.15, 0.2) is 5.11 Å². The zero-order valence-electron chi connectivity index (χ0n) is 13.6. The van der Waals surface area contributed by atoms with E-state index in [4.69, 9.17) is 17.0 Å². The van der Waals surface area contributed by atoms with E-state index in [1.807, 2.05) is 6.92 Å². The van der Waals surface area contributed by atoms with Crippen LogP contribution in [-0.4, -0.2) is 27.3 Å². The molecule has 1 fully saturated rings. The number of hydrazine groups is 1. The summed E-state index contributed by atoms with van der Waals surface area (Å²) in [6, 6.07) is 0. The molecule has 0 radical (unpaired) electrons. The van der Waals surface area contributed by atoms with Gasteiger partial charge in [0.1, 0.15) is 5.00 Å². The lowest BCUT2D eigenvalue weighted by Gasteiger charge is -2.16. The highest BCUT2D eigenvalue weighted by Gasteiger charge is 2.66. The molecule has 10 heteroatoms. The summed E-state index contributed by atoms with van der Waals surface area (Å²) in [6.45, 7) is 1.85. The van der Waals surface area contributed by atoms with Gasteiger partial charge in [0.25, 0.3) is 0 Å². The number of hydrogen-bond donors (Lipinski definition) is 3.